The molecule has 7 nitrogen and oxygen atoms in total. The zero-order valence-electron chi connectivity index (χ0n) is 12.3. The lowest BCUT2D eigenvalue weighted by molar-refractivity contribution is -0.122. The van der Waals surface area contributed by atoms with Gasteiger partial charge in [0.2, 0.25) is 5.91 Å². The zero-order chi connectivity index (χ0) is 15.4. The van der Waals surface area contributed by atoms with E-state index in [2.05, 4.69) is 20.9 Å². The average molecular weight is 301 g/mol. The van der Waals surface area contributed by atoms with E-state index < -0.39 is 0 Å². The van der Waals surface area contributed by atoms with Gasteiger partial charge >= 0.3 is 0 Å². The summed E-state index contributed by atoms with van der Waals surface area (Å²) >= 11 is 0. The molecule has 7 heteroatoms. The van der Waals surface area contributed by atoms with Crippen molar-refractivity contribution >= 4 is 16.8 Å². The number of rotatable bonds is 4. The monoisotopic (exact) mass is 301 g/mol. The Morgan fingerprint density at radius 3 is 3.09 bits per heavy atom. The predicted octanol–water partition coefficient (Wildman–Crippen LogP) is -0.0927. The Balaban J connectivity index is 1.63. The number of carbonyl (C=O) groups is 1. The summed E-state index contributed by atoms with van der Waals surface area (Å²) in [6, 6.07) is 6.98. The normalized spacial score (nSPS) is 18.3. The van der Waals surface area contributed by atoms with Gasteiger partial charge in [-0.25, -0.2) is 4.68 Å². The van der Waals surface area contributed by atoms with Crippen molar-refractivity contribution < 1.29 is 4.79 Å². The maximum absolute atomic E-state index is 12.2. The van der Waals surface area contributed by atoms with Gasteiger partial charge < -0.3 is 10.6 Å². The third-order valence-electron chi connectivity index (χ3n) is 3.91. The number of nitrogens with one attached hydrogen (secondary N) is 2. The fraction of sp³-hybridized carbons (Fsp3) is 0.467. The molecule has 2 N–H and O–H groups in total. The van der Waals surface area contributed by atoms with E-state index in [1.165, 1.54) is 0 Å². The minimum Gasteiger partial charge on any atom is -0.354 e. The fourth-order valence-corrected chi connectivity index (χ4v) is 2.68. The minimum atomic E-state index is -0.292. The van der Waals surface area contributed by atoms with Crippen LogP contribution in [0.1, 0.15) is 12.8 Å². The Morgan fingerprint density at radius 2 is 2.27 bits per heavy atom. The smallest absolute Gasteiger partial charge is 0.278 e. The molecule has 0 bridgehead atoms. The third kappa shape index (κ3) is 3.30. The molecule has 0 saturated carbocycles. The van der Waals surface area contributed by atoms with Crippen molar-refractivity contribution in [1.82, 2.24) is 25.6 Å². The molecule has 1 aliphatic rings. The van der Waals surface area contributed by atoms with Crippen molar-refractivity contribution in [2.75, 3.05) is 19.6 Å². The van der Waals surface area contributed by atoms with E-state index in [-0.39, 0.29) is 18.0 Å². The van der Waals surface area contributed by atoms with Gasteiger partial charge in [0.1, 0.15) is 12.1 Å². The molecule has 1 unspecified atom stereocenters. The molecule has 1 aliphatic heterocycles. The summed E-state index contributed by atoms with van der Waals surface area (Å²) in [5.41, 5.74) is 0.248. The van der Waals surface area contributed by atoms with Gasteiger partial charge in [0.25, 0.3) is 5.56 Å². The molecule has 1 amide bonds. The highest BCUT2D eigenvalue weighted by Gasteiger charge is 2.15. The Labute approximate surface area is 127 Å². The van der Waals surface area contributed by atoms with Crippen LogP contribution >= 0.6 is 0 Å². The summed E-state index contributed by atoms with van der Waals surface area (Å²) in [5.74, 6) is 0.245. The van der Waals surface area contributed by atoms with Crippen LogP contribution in [-0.4, -0.2) is 40.5 Å². The van der Waals surface area contributed by atoms with Crippen LogP contribution in [0.15, 0.2) is 29.1 Å². The van der Waals surface area contributed by atoms with Crippen LogP contribution in [0.5, 0.6) is 0 Å². The van der Waals surface area contributed by atoms with Crippen LogP contribution in [0.3, 0.4) is 0 Å². The first-order valence-electron chi connectivity index (χ1n) is 7.54. The molecule has 116 valence electrons. The lowest BCUT2D eigenvalue weighted by Crippen LogP contribution is -2.40. The molecule has 0 aliphatic carbocycles. The number of fused-ring (bicyclic) bond motifs is 1. The van der Waals surface area contributed by atoms with E-state index in [1.807, 2.05) is 0 Å². The molecule has 2 heterocycles. The van der Waals surface area contributed by atoms with E-state index in [9.17, 15) is 9.59 Å². The van der Waals surface area contributed by atoms with E-state index in [4.69, 9.17) is 0 Å². The van der Waals surface area contributed by atoms with Gasteiger partial charge in [-0.3, -0.25) is 9.59 Å². The summed E-state index contributed by atoms with van der Waals surface area (Å²) in [4.78, 5) is 24.2. The van der Waals surface area contributed by atoms with Crippen molar-refractivity contribution in [3.05, 3.63) is 34.6 Å². The van der Waals surface area contributed by atoms with Crippen molar-refractivity contribution in [2.24, 2.45) is 5.92 Å². The maximum Gasteiger partial charge on any atom is 0.278 e. The van der Waals surface area contributed by atoms with Crippen LogP contribution in [0, 0.1) is 5.92 Å². The molecule has 3 rings (SSSR count). The maximum atomic E-state index is 12.2. The predicted molar refractivity (Wildman–Crippen MR) is 82.4 cm³/mol. The van der Waals surface area contributed by atoms with Gasteiger partial charge in [-0.15, -0.1) is 5.10 Å². The molecule has 1 fully saturated rings. The summed E-state index contributed by atoms with van der Waals surface area (Å²) < 4.78 is 1.11. The third-order valence-corrected chi connectivity index (χ3v) is 3.91. The standard InChI is InChI=1S/C15H19N5O2/c21-14(17-9-11-4-3-7-16-8-11)10-20-15(22)12-5-1-2-6-13(12)18-19-20/h1-2,5-6,11,16H,3-4,7-10H2,(H,17,21). The van der Waals surface area contributed by atoms with Crippen LogP contribution < -0.4 is 16.2 Å². The molecule has 0 spiro atoms. The molecular weight excluding hydrogens is 282 g/mol. The number of piperidine rings is 1. The SMILES string of the molecule is O=C(Cn1nnc2ccccc2c1=O)NCC1CCCNC1. The van der Waals surface area contributed by atoms with Gasteiger partial charge in [0, 0.05) is 6.54 Å². The van der Waals surface area contributed by atoms with E-state index in [0.717, 1.165) is 30.6 Å². The molecule has 1 saturated heterocycles. The molecule has 1 aromatic carbocycles. The van der Waals surface area contributed by atoms with Gasteiger partial charge in [-0.1, -0.05) is 17.3 Å². The summed E-state index contributed by atoms with van der Waals surface area (Å²) in [5, 5.41) is 14.4. The van der Waals surface area contributed by atoms with Crippen LogP contribution in [0.2, 0.25) is 0 Å². The lowest BCUT2D eigenvalue weighted by atomic mass is 10.00. The first-order valence-corrected chi connectivity index (χ1v) is 7.54. The number of hydrogen-bond donors (Lipinski definition) is 2. The van der Waals surface area contributed by atoms with Gasteiger partial charge in [0.05, 0.1) is 5.39 Å². The van der Waals surface area contributed by atoms with Crippen molar-refractivity contribution in [2.45, 2.75) is 19.4 Å². The summed E-state index contributed by atoms with van der Waals surface area (Å²) in [6.45, 7) is 2.50. The number of hydrogen-bond acceptors (Lipinski definition) is 5. The van der Waals surface area contributed by atoms with Crippen molar-refractivity contribution in [3.8, 4) is 0 Å². The van der Waals surface area contributed by atoms with E-state index >= 15 is 0 Å². The number of aromatic nitrogens is 3. The van der Waals surface area contributed by atoms with Gasteiger partial charge in [-0.05, 0) is 44.0 Å². The average Bonchev–Trinajstić information content (AvgIpc) is 2.57. The Bertz CT molecular complexity index is 721. The second-order valence-corrected chi connectivity index (χ2v) is 5.59. The van der Waals surface area contributed by atoms with Crippen molar-refractivity contribution in [1.29, 1.82) is 0 Å². The largest absolute Gasteiger partial charge is 0.354 e. The minimum absolute atomic E-state index is 0.100. The summed E-state index contributed by atoms with van der Waals surface area (Å²) in [7, 11) is 0. The molecule has 0 radical (unpaired) electrons. The highest BCUT2D eigenvalue weighted by molar-refractivity contribution is 5.78. The van der Waals surface area contributed by atoms with Crippen LogP contribution in [-0.2, 0) is 11.3 Å². The number of carbonyl (C=O) groups excluding carboxylic acids is 1. The zero-order valence-corrected chi connectivity index (χ0v) is 12.3. The van der Waals surface area contributed by atoms with E-state index in [0.29, 0.717) is 23.4 Å². The fourth-order valence-electron chi connectivity index (χ4n) is 2.68. The molecular formula is C15H19N5O2. The summed E-state index contributed by atoms with van der Waals surface area (Å²) in [6.07, 6.45) is 2.25. The highest BCUT2D eigenvalue weighted by Crippen LogP contribution is 2.08. The Kier molecular flexibility index (Phi) is 4.43. The first kappa shape index (κ1) is 14.6. The number of benzene rings is 1. The second-order valence-electron chi connectivity index (χ2n) is 5.59. The number of amides is 1. The molecule has 1 atom stereocenters. The Hall–Kier alpha value is -2.28. The van der Waals surface area contributed by atoms with Crippen LogP contribution in [0.4, 0.5) is 0 Å². The van der Waals surface area contributed by atoms with E-state index in [1.54, 1.807) is 24.3 Å². The molecule has 2 aromatic rings. The Morgan fingerprint density at radius 1 is 1.41 bits per heavy atom. The topological polar surface area (TPSA) is 88.9 Å². The van der Waals surface area contributed by atoms with Crippen molar-refractivity contribution in [3.63, 3.8) is 0 Å². The van der Waals surface area contributed by atoms with Gasteiger partial charge in [-0.2, -0.15) is 0 Å². The highest BCUT2D eigenvalue weighted by atomic mass is 16.2. The number of nitrogens with zero attached hydrogens (tertiary/aromatic N) is 3. The quantitative estimate of drug-likeness (QED) is 0.824. The van der Waals surface area contributed by atoms with Crippen LogP contribution in [0.25, 0.3) is 10.9 Å². The molecule has 1 aromatic heterocycles. The molecule has 22 heavy (non-hydrogen) atoms. The van der Waals surface area contributed by atoms with Gasteiger partial charge in [0.15, 0.2) is 0 Å². The second kappa shape index (κ2) is 6.65. The lowest BCUT2D eigenvalue weighted by Gasteiger charge is -2.22. The first-order chi connectivity index (χ1) is 10.7.